The van der Waals surface area contributed by atoms with Gasteiger partial charge < -0.3 is 5.11 Å². The van der Waals surface area contributed by atoms with E-state index in [0.717, 1.165) is 11.1 Å². The van der Waals surface area contributed by atoms with E-state index in [1.165, 1.54) is 0 Å². The lowest BCUT2D eigenvalue weighted by Gasteiger charge is -1.85. The maximum atomic E-state index is 8.57. The van der Waals surface area contributed by atoms with Crippen LogP contribution >= 0.6 is 0 Å². The van der Waals surface area contributed by atoms with Gasteiger partial charge in [0.1, 0.15) is 5.69 Å². The van der Waals surface area contributed by atoms with E-state index < -0.39 is 0 Å². The summed E-state index contributed by atoms with van der Waals surface area (Å²) in [4.78, 5) is 4.07. The number of fused-ring (bicyclic) bond motifs is 1. The van der Waals surface area contributed by atoms with E-state index in [9.17, 15) is 0 Å². The van der Waals surface area contributed by atoms with Crippen molar-refractivity contribution in [3.05, 3.63) is 24.0 Å². The van der Waals surface area contributed by atoms with Gasteiger partial charge in [-0.25, -0.2) is 4.98 Å². The quantitative estimate of drug-likeness (QED) is 0.646. The molecule has 2 aromatic rings. The number of nitrogens with zero attached hydrogens (tertiary/aromatic N) is 2. The van der Waals surface area contributed by atoms with Crippen LogP contribution in [-0.2, 0) is 0 Å². The Morgan fingerprint density at radius 2 is 2.43 bits per heavy atom. The zero-order chi connectivity index (χ0) is 9.80. The van der Waals surface area contributed by atoms with Gasteiger partial charge >= 0.3 is 0 Å². The van der Waals surface area contributed by atoms with Crippen LogP contribution < -0.4 is 0 Å². The number of aromatic amines is 1. The highest BCUT2D eigenvalue weighted by molar-refractivity contribution is 5.80. The smallest absolute Gasteiger partial charge is 0.182 e. The van der Waals surface area contributed by atoms with Gasteiger partial charge in [0.2, 0.25) is 0 Å². The van der Waals surface area contributed by atoms with E-state index in [2.05, 4.69) is 27.0 Å². The Morgan fingerprint density at radius 3 is 3.29 bits per heavy atom. The Kier molecular flexibility index (Phi) is 2.43. The molecule has 0 atom stereocenters. The minimum absolute atomic E-state index is 0.0807. The molecule has 2 N–H and O–H groups in total. The molecule has 4 heteroatoms. The van der Waals surface area contributed by atoms with Gasteiger partial charge in [-0.1, -0.05) is 5.92 Å². The Balaban J connectivity index is 2.40. The Hall–Kier alpha value is -1.86. The molecule has 0 aromatic carbocycles. The minimum Gasteiger partial charge on any atom is -0.395 e. The van der Waals surface area contributed by atoms with E-state index in [0.29, 0.717) is 12.1 Å². The first-order valence-corrected chi connectivity index (χ1v) is 4.30. The zero-order valence-corrected chi connectivity index (χ0v) is 7.49. The Labute approximate surface area is 81.0 Å². The van der Waals surface area contributed by atoms with E-state index in [1.807, 2.05) is 12.1 Å². The van der Waals surface area contributed by atoms with Crippen LogP contribution in [0.3, 0.4) is 0 Å². The Morgan fingerprint density at radius 1 is 1.50 bits per heavy atom. The summed E-state index contributed by atoms with van der Waals surface area (Å²) in [6.07, 6.45) is 2.16. The van der Waals surface area contributed by atoms with Gasteiger partial charge in [-0.3, -0.25) is 5.10 Å². The van der Waals surface area contributed by atoms with Crippen molar-refractivity contribution < 1.29 is 5.11 Å². The third-order valence-electron chi connectivity index (χ3n) is 1.78. The van der Waals surface area contributed by atoms with Crippen LogP contribution in [-0.4, -0.2) is 26.9 Å². The van der Waals surface area contributed by atoms with Crippen molar-refractivity contribution in [1.29, 1.82) is 0 Å². The van der Waals surface area contributed by atoms with Crippen LogP contribution in [0.4, 0.5) is 0 Å². The van der Waals surface area contributed by atoms with Gasteiger partial charge in [-0.15, -0.1) is 0 Å². The van der Waals surface area contributed by atoms with E-state index in [4.69, 9.17) is 5.11 Å². The average molecular weight is 187 g/mol. The molecular formula is C10H9N3O. The van der Waals surface area contributed by atoms with Gasteiger partial charge in [0.25, 0.3) is 0 Å². The molecule has 2 rings (SSSR count). The first-order chi connectivity index (χ1) is 6.92. The number of aliphatic hydroxyl groups excluding tert-OH is 1. The molecule has 4 nitrogen and oxygen atoms in total. The molecule has 2 aromatic heterocycles. The summed E-state index contributed by atoms with van der Waals surface area (Å²) < 4.78 is 0. The standard InChI is InChI=1S/C10H9N3O/c14-7-2-1-5-9-8-4-3-6-11-10(8)13-12-9/h3-4,6,14H,2,7H2,(H,11,12,13). The topological polar surface area (TPSA) is 61.8 Å². The fraction of sp³-hybridized carbons (Fsp3) is 0.200. The molecule has 0 spiro atoms. The highest BCUT2D eigenvalue weighted by Gasteiger charge is 2.01. The van der Waals surface area contributed by atoms with Crippen molar-refractivity contribution in [3.63, 3.8) is 0 Å². The van der Waals surface area contributed by atoms with Crippen molar-refractivity contribution in [2.45, 2.75) is 6.42 Å². The highest BCUT2D eigenvalue weighted by Crippen LogP contribution is 2.10. The van der Waals surface area contributed by atoms with Crippen LogP contribution in [0.25, 0.3) is 11.0 Å². The third kappa shape index (κ3) is 1.58. The molecule has 0 fully saturated rings. The van der Waals surface area contributed by atoms with Crippen LogP contribution in [0.1, 0.15) is 12.1 Å². The van der Waals surface area contributed by atoms with Gasteiger partial charge in [0, 0.05) is 12.6 Å². The van der Waals surface area contributed by atoms with Crippen LogP contribution in [0, 0.1) is 11.8 Å². The highest BCUT2D eigenvalue weighted by atomic mass is 16.2. The second kappa shape index (κ2) is 3.90. The molecule has 0 amide bonds. The van der Waals surface area contributed by atoms with E-state index in [-0.39, 0.29) is 6.61 Å². The van der Waals surface area contributed by atoms with Gasteiger partial charge in [0.05, 0.1) is 12.0 Å². The van der Waals surface area contributed by atoms with Crippen molar-refractivity contribution in [2.24, 2.45) is 0 Å². The molecular weight excluding hydrogens is 178 g/mol. The molecule has 0 aliphatic carbocycles. The van der Waals surface area contributed by atoms with Crippen LogP contribution in [0.5, 0.6) is 0 Å². The SMILES string of the molecule is OCCC#Cc1[nH]nc2ncccc12. The molecule has 0 aliphatic rings. The lowest BCUT2D eigenvalue weighted by atomic mass is 10.2. The maximum absolute atomic E-state index is 8.57. The summed E-state index contributed by atoms with van der Waals surface area (Å²) in [6, 6.07) is 3.75. The molecule has 2 heterocycles. The number of rotatable bonds is 1. The second-order valence-electron chi connectivity index (χ2n) is 2.75. The average Bonchev–Trinajstić information content (AvgIpc) is 2.63. The predicted molar refractivity (Wildman–Crippen MR) is 52.5 cm³/mol. The van der Waals surface area contributed by atoms with Crippen molar-refractivity contribution >= 4 is 11.0 Å². The van der Waals surface area contributed by atoms with Crippen LogP contribution in [0.15, 0.2) is 18.3 Å². The number of hydrogen-bond acceptors (Lipinski definition) is 3. The molecule has 0 radical (unpaired) electrons. The molecule has 0 aliphatic heterocycles. The van der Waals surface area contributed by atoms with E-state index >= 15 is 0 Å². The number of hydrogen-bond donors (Lipinski definition) is 2. The minimum atomic E-state index is 0.0807. The molecule has 0 bridgehead atoms. The second-order valence-corrected chi connectivity index (χ2v) is 2.75. The van der Waals surface area contributed by atoms with Crippen molar-refractivity contribution in [1.82, 2.24) is 15.2 Å². The fourth-order valence-electron chi connectivity index (χ4n) is 1.15. The van der Waals surface area contributed by atoms with Gasteiger partial charge in [-0.2, -0.15) is 5.10 Å². The first-order valence-electron chi connectivity index (χ1n) is 4.30. The fourth-order valence-corrected chi connectivity index (χ4v) is 1.15. The summed E-state index contributed by atoms with van der Waals surface area (Å²) in [5, 5.41) is 16.3. The maximum Gasteiger partial charge on any atom is 0.182 e. The zero-order valence-electron chi connectivity index (χ0n) is 7.49. The van der Waals surface area contributed by atoms with Crippen LogP contribution in [0.2, 0.25) is 0 Å². The molecule has 0 saturated carbocycles. The normalized spacial score (nSPS) is 9.79. The molecule has 0 saturated heterocycles. The number of aliphatic hydroxyl groups is 1. The van der Waals surface area contributed by atoms with Crippen molar-refractivity contribution in [3.8, 4) is 11.8 Å². The molecule has 0 unspecified atom stereocenters. The summed E-state index contributed by atoms with van der Waals surface area (Å²) in [5.74, 6) is 5.73. The van der Waals surface area contributed by atoms with Crippen molar-refractivity contribution in [2.75, 3.05) is 6.61 Å². The number of nitrogens with one attached hydrogen (secondary N) is 1. The lowest BCUT2D eigenvalue weighted by molar-refractivity contribution is 0.305. The molecule has 70 valence electrons. The largest absolute Gasteiger partial charge is 0.395 e. The summed E-state index contributed by atoms with van der Waals surface area (Å²) in [5.41, 5.74) is 1.42. The summed E-state index contributed by atoms with van der Waals surface area (Å²) in [6.45, 7) is 0.0807. The third-order valence-corrected chi connectivity index (χ3v) is 1.78. The monoisotopic (exact) mass is 187 g/mol. The molecule has 14 heavy (non-hydrogen) atoms. The van der Waals surface area contributed by atoms with Gasteiger partial charge in [-0.05, 0) is 18.1 Å². The summed E-state index contributed by atoms with van der Waals surface area (Å²) in [7, 11) is 0. The first kappa shape index (κ1) is 8.73. The number of pyridine rings is 1. The van der Waals surface area contributed by atoms with Gasteiger partial charge in [0.15, 0.2) is 5.65 Å². The number of H-pyrrole nitrogens is 1. The van der Waals surface area contributed by atoms with E-state index in [1.54, 1.807) is 6.20 Å². The summed E-state index contributed by atoms with van der Waals surface area (Å²) >= 11 is 0. The predicted octanol–water partition coefficient (Wildman–Crippen LogP) is 0.692. The Bertz CT molecular complexity index is 493. The number of aromatic nitrogens is 3. The lowest BCUT2D eigenvalue weighted by Crippen LogP contribution is -1.78.